The minimum absolute atomic E-state index is 0.0468. The molecule has 2 amide bonds. The predicted octanol–water partition coefficient (Wildman–Crippen LogP) is 3.57. The van der Waals surface area contributed by atoms with Gasteiger partial charge in [0.25, 0.3) is 0 Å². The van der Waals surface area contributed by atoms with Gasteiger partial charge < -0.3 is 19.6 Å². The molecule has 7 nitrogen and oxygen atoms in total. The molecule has 1 N–H and O–H groups in total. The van der Waals surface area contributed by atoms with Crippen molar-refractivity contribution in [2.24, 2.45) is 11.8 Å². The maximum absolute atomic E-state index is 14.3. The quantitative estimate of drug-likeness (QED) is 0.240. The number of aliphatic hydroxyl groups is 1. The number of aliphatic hydroxyl groups excluding tert-OH is 1. The first-order valence-corrected chi connectivity index (χ1v) is 14.1. The third-order valence-corrected chi connectivity index (χ3v) is 9.95. The molecular weight excluding hydrogens is 488 g/mol. The molecule has 4 rings (SSSR count). The number of nitrogens with zero attached hydrogens (tertiary/aromatic N) is 2. The zero-order valence-corrected chi connectivity index (χ0v) is 22.4. The summed E-state index contributed by atoms with van der Waals surface area (Å²) in [5.74, 6) is -1.91. The van der Waals surface area contributed by atoms with E-state index in [0.29, 0.717) is 32.4 Å². The fourth-order valence-corrected chi connectivity index (χ4v) is 8.49. The van der Waals surface area contributed by atoms with Crippen LogP contribution in [0.3, 0.4) is 0 Å². The Morgan fingerprint density at radius 3 is 2.70 bits per heavy atom. The lowest BCUT2D eigenvalue weighted by Crippen LogP contribution is -2.57. The summed E-state index contributed by atoms with van der Waals surface area (Å²) in [5, 5.41) is 10.2. The molecule has 3 aliphatic rings. The molecule has 0 aliphatic carbocycles. The number of allylic oxidation sites excluding steroid dienone is 1. The minimum Gasteiger partial charge on any atom is -0.465 e. The molecule has 0 radical (unpaired) electrons. The lowest BCUT2D eigenvalue weighted by molar-refractivity contribution is -0.154. The third-order valence-electron chi connectivity index (χ3n) is 7.99. The lowest BCUT2D eigenvalue weighted by atomic mass is 9.71. The molecule has 3 aliphatic heterocycles. The van der Waals surface area contributed by atoms with E-state index in [4.69, 9.17) is 4.74 Å². The van der Waals surface area contributed by atoms with Gasteiger partial charge in [0.05, 0.1) is 35.8 Å². The maximum atomic E-state index is 14.3. The van der Waals surface area contributed by atoms with Gasteiger partial charge in [0, 0.05) is 18.3 Å². The van der Waals surface area contributed by atoms with Gasteiger partial charge in [0.1, 0.15) is 6.04 Å². The van der Waals surface area contributed by atoms with Gasteiger partial charge in [-0.25, -0.2) is 0 Å². The van der Waals surface area contributed by atoms with Crippen LogP contribution >= 0.6 is 11.8 Å². The second kappa shape index (κ2) is 11.9. The minimum atomic E-state index is -0.751. The van der Waals surface area contributed by atoms with Crippen molar-refractivity contribution in [2.45, 2.75) is 67.7 Å². The van der Waals surface area contributed by atoms with Crippen LogP contribution in [0.25, 0.3) is 0 Å². The second-order valence-electron chi connectivity index (χ2n) is 10.1. The summed E-state index contributed by atoms with van der Waals surface area (Å²) in [4.78, 5) is 45.0. The largest absolute Gasteiger partial charge is 0.465 e. The van der Waals surface area contributed by atoms with Gasteiger partial charge in [0.15, 0.2) is 0 Å². The molecule has 0 aromatic heterocycles. The van der Waals surface area contributed by atoms with Crippen LogP contribution in [0.1, 0.15) is 44.6 Å². The highest BCUT2D eigenvalue weighted by atomic mass is 32.2. The van der Waals surface area contributed by atoms with Crippen LogP contribution in [0.2, 0.25) is 0 Å². The van der Waals surface area contributed by atoms with Gasteiger partial charge in [-0.1, -0.05) is 49.4 Å². The van der Waals surface area contributed by atoms with Crippen molar-refractivity contribution in [3.8, 4) is 0 Å². The van der Waals surface area contributed by atoms with Crippen LogP contribution < -0.4 is 0 Å². The zero-order chi connectivity index (χ0) is 26.6. The summed E-state index contributed by atoms with van der Waals surface area (Å²) >= 11 is 1.62. The normalized spacial score (nSPS) is 28.6. The van der Waals surface area contributed by atoms with Gasteiger partial charge in [-0.05, 0) is 37.7 Å². The average molecular weight is 527 g/mol. The van der Waals surface area contributed by atoms with Crippen LogP contribution in [0.5, 0.6) is 0 Å². The number of unbranched alkanes of at least 4 members (excludes halogenated alkanes) is 1. The molecule has 6 atom stereocenters. The second-order valence-corrected chi connectivity index (χ2v) is 11.7. The van der Waals surface area contributed by atoms with Crippen molar-refractivity contribution in [2.75, 3.05) is 19.8 Å². The van der Waals surface area contributed by atoms with Crippen molar-refractivity contribution in [1.29, 1.82) is 0 Å². The molecular formula is C29H38N2O5S. The van der Waals surface area contributed by atoms with Gasteiger partial charge in [0.2, 0.25) is 11.8 Å². The van der Waals surface area contributed by atoms with Crippen LogP contribution in [-0.2, 0) is 25.7 Å². The van der Waals surface area contributed by atoms with E-state index >= 15 is 0 Å². The smallest absolute Gasteiger partial charge is 0.310 e. The number of ether oxygens (including phenoxy) is 1. The van der Waals surface area contributed by atoms with Gasteiger partial charge in [-0.15, -0.1) is 24.9 Å². The van der Waals surface area contributed by atoms with Crippen molar-refractivity contribution in [1.82, 2.24) is 9.80 Å². The molecule has 37 heavy (non-hydrogen) atoms. The molecule has 3 fully saturated rings. The summed E-state index contributed by atoms with van der Waals surface area (Å²) in [5.41, 5.74) is 0.987. The Bertz CT molecular complexity index is 1010. The highest BCUT2D eigenvalue weighted by Gasteiger charge is 2.74. The van der Waals surface area contributed by atoms with E-state index in [9.17, 15) is 19.5 Å². The van der Waals surface area contributed by atoms with Gasteiger partial charge >= 0.3 is 5.97 Å². The van der Waals surface area contributed by atoms with E-state index in [1.54, 1.807) is 33.7 Å². The summed E-state index contributed by atoms with van der Waals surface area (Å²) in [6, 6.07) is 8.50. The van der Waals surface area contributed by atoms with Gasteiger partial charge in [-0.3, -0.25) is 14.4 Å². The summed E-state index contributed by atoms with van der Waals surface area (Å²) in [6.45, 7) is 10.2. The standard InChI is InChI=1S/C29H38N2O5S/c1-4-7-11-17-36-28(35)23-22-14-15-29(37-22)24(23)26(33)31(21(6-3)19-32)25(29)27(34)30(16-5-2)18-20-12-9-8-10-13-20/h4-5,8-10,12-13,21-25,32H,1-2,6-7,11,14-19H2,3H3/t21-,22-,23+,24-,25?,29?/m0/s1. The Morgan fingerprint density at radius 2 is 2.05 bits per heavy atom. The Hall–Kier alpha value is -2.58. The number of likely N-dealkylation sites (tertiary alicyclic amines) is 1. The van der Waals surface area contributed by atoms with Crippen LogP contribution in [0, 0.1) is 11.8 Å². The van der Waals surface area contributed by atoms with Crippen molar-refractivity contribution >= 4 is 29.5 Å². The predicted molar refractivity (Wildman–Crippen MR) is 145 cm³/mol. The highest BCUT2D eigenvalue weighted by molar-refractivity contribution is 8.02. The van der Waals surface area contributed by atoms with Gasteiger partial charge in [-0.2, -0.15) is 0 Å². The molecule has 1 spiro atoms. The van der Waals surface area contributed by atoms with Crippen molar-refractivity contribution < 1.29 is 24.2 Å². The number of esters is 1. The van der Waals surface area contributed by atoms with E-state index in [-0.39, 0.29) is 36.2 Å². The van der Waals surface area contributed by atoms with Crippen molar-refractivity contribution in [3.63, 3.8) is 0 Å². The van der Waals surface area contributed by atoms with Crippen LogP contribution in [-0.4, -0.2) is 74.5 Å². The first-order chi connectivity index (χ1) is 17.9. The molecule has 200 valence electrons. The number of carbonyl (C=O) groups is 3. The Labute approximate surface area is 223 Å². The fraction of sp³-hybridized carbons (Fsp3) is 0.552. The molecule has 3 saturated heterocycles. The molecule has 3 heterocycles. The Kier molecular flexibility index (Phi) is 8.80. The average Bonchev–Trinajstić information content (AvgIpc) is 3.55. The van der Waals surface area contributed by atoms with Crippen molar-refractivity contribution in [3.05, 3.63) is 61.2 Å². The molecule has 2 bridgehead atoms. The first-order valence-electron chi connectivity index (χ1n) is 13.2. The van der Waals surface area contributed by atoms with E-state index in [1.165, 1.54) is 0 Å². The number of carbonyl (C=O) groups excluding carboxylic acids is 3. The maximum Gasteiger partial charge on any atom is 0.310 e. The number of hydrogen-bond donors (Lipinski definition) is 1. The molecule has 1 aromatic carbocycles. The number of amides is 2. The molecule has 8 heteroatoms. The monoisotopic (exact) mass is 526 g/mol. The SMILES string of the molecule is C=CCCCOC(=O)[C@@H]1[C@@H]2CCC3(S2)C(C(=O)N(CC=C)Cc2ccccc2)N([C@@H](CC)CO)C(=O)[C@H]13. The van der Waals surface area contributed by atoms with E-state index in [1.807, 2.05) is 37.3 Å². The van der Waals surface area contributed by atoms with E-state index < -0.39 is 28.7 Å². The van der Waals surface area contributed by atoms with E-state index in [0.717, 1.165) is 18.4 Å². The number of hydrogen-bond acceptors (Lipinski definition) is 6. The Morgan fingerprint density at radius 1 is 1.30 bits per heavy atom. The number of fused-ring (bicyclic) bond motifs is 1. The topological polar surface area (TPSA) is 87.2 Å². The molecule has 2 unspecified atom stereocenters. The fourth-order valence-electron chi connectivity index (χ4n) is 6.31. The van der Waals surface area contributed by atoms with Crippen LogP contribution in [0.4, 0.5) is 0 Å². The molecule has 0 saturated carbocycles. The van der Waals surface area contributed by atoms with E-state index in [2.05, 4.69) is 13.2 Å². The first kappa shape index (κ1) is 27.5. The zero-order valence-electron chi connectivity index (χ0n) is 21.6. The lowest BCUT2D eigenvalue weighted by Gasteiger charge is -2.39. The third kappa shape index (κ3) is 4.98. The Balaban J connectivity index is 1.68. The summed E-state index contributed by atoms with van der Waals surface area (Å²) in [6.07, 6.45) is 6.88. The van der Waals surface area contributed by atoms with Crippen LogP contribution in [0.15, 0.2) is 55.6 Å². The number of thioether (sulfide) groups is 1. The highest BCUT2D eigenvalue weighted by Crippen LogP contribution is 2.67. The number of benzene rings is 1. The number of rotatable bonds is 13. The summed E-state index contributed by atoms with van der Waals surface area (Å²) < 4.78 is 4.91. The molecule has 1 aromatic rings. The summed E-state index contributed by atoms with van der Waals surface area (Å²) in [7, 11) is 0.